The van der Waals surface area contributed by atoms with Crippen molar-refractivity contribution in [2.24, 2.45) is 0 Å². The van der Waals surface area contributed by atoms with Crippen LogP contribution < -0.4 is 0 Å². The lowest BCUT2D eigenvalue weighted by Crippen LogP contribution is -2.00. The molecule has 0 amide bonds. The second-order valence-corrected chi connectivity index (χ2v) is 14.1. The largest absolute Gasteiger partial charge is 0.253 e. The van der Waals surface area contributed by atoms with Gasteiger partial charge in [-0.25, -0.2) is 15.0 Å². The Bertz CT molecular complexity index is 2940. The van der Waals surface area contributed by atoms with E-state index in [9.17, 15) is 0 Å². The van der Waals surface area contributed by atoms with Crippen molar-refractivity contribution >= 4 is 21.5 Å². The maximum Gasteiger partial charge on any atom is 0.182 e. The predicted octanol–water partition coefficient (Wildman–Crippen LogP) is 13.2. The number of nitrogens with zero attached hydrogens (tertiary/aromatic N) is 4. The molecular formula is C52H32N4. The molecule has 0 saturated carbocycles. The first kappa shape index (κ1) is 31.9. The predicted molar refractivity (Wildman–Crippen MR) is 230 cm³/mol. The van der Waals surface area contributed by atoms with Crippen LogP contribution in [0, 0.1) is 0 Å². The van der Waals surface area contributed by atoms with Crippen LogP contribution in [0.15, 0.2) is 194 Å². The summed E-state index contributed by atoms with van der Waals surface area (Å²) in [5, 5.41) is 5.04. The third kappa shape index (κ3) is 5.15. The van der Waals surface area contributed by atoms with Crippen LogP contribution in [0.3, 0.4) is 0 Å². The summed E-state index contributed by atoms with van der Waals surface area (Å²) in [5.74, 6) is 1.77. The number of rotatable bonds is 6. The molecule has 1 aliphatic carbocycles. The summed E-state index contributed by atoms with van der Waals surface area (Å²) in [7, 11) is 0. The molecule has 0 aliphatic heterocycles. The number of fused-ring (bicyclic) bond motifs is 4. The van der Waals surface area contributed by atoms with E-state index in [4.69, 9.17) is 15.0 Å². The van der Waals surface area contributed by atoms with Crippen LogP contribution in [0.2, 0.25) is 0 Å². The molecular weight excluding hydrogens is 681 g/mol. The second kappa shape index (κ2) is 13.1. The molecule has 0 N–H and O–H groups in total. The lowest BCUT2D eigenvalue weighted by Gasteiger charge is -2.20. The maximum atomic E-state index is 4.95. The minimum atomic E-state index is 0.544. The van der Waals surface area contributed by atoms with E-state index in [0.717, 1.165) is 16.7 Å². The van der Waals surface area contributed by atoms with E-state index in [1.54, 1.807) is 6.20 Å². The molecule has 8 aromatic carbocycles. The zero-order valence-electron chi connectivity index (χ0n) is 30.3. The van der Waals surface area contributed by atoms with E-state index >= 15 is 0 Å². The van der Waals surface area contributed by atoms with Gasteiger partial charge in [-0.15, -0.1) is 0 Å². The van der Waals surface area contributed by atoms with Crippen LogP contribution in [0.4, 0.5) is 0 Å². The first-order valence-electron chi connectivity index (χ1n) is 18.9. The Morgan fingerprint density at radius 2 is 0.732 bits per heavy atom. The van der Waals surface area contributed by atoms with Gasteiger partial charge in [0, 0.05) is 17.3 Å². The molecule has 56 heavy (non-hydrogen) atoms. The summed E-state index contributed by atoms with van der Waals surface area (Å²) in [6.07, 6.45) is 1.76. The van der Waals surface area contributed by atoms with Gasteiger partial charge in [0.2, 0.25) is 0 Å². The third-order valence-corrected chi connectivity index (χ3v) is 10.9. The lowest BCUT2D eigenvalue weighted by atomic mass is 9.82. The molecule has 0 radical (unpaired) electrons. The Morgan fingerprint density at radius 3 is 1.32 bits per heavy atom. The maximum absolute atomic E-state index is 4.95. The minimum absolute atomic E-state index is 0.544. The Kier molecular flexibility index (Phi) is 7.46. The standard InChI is InChI=1S/C52H32N4/c1-4-15-34(16-5-1)45-40-21-10-11-22-41(40)46(35-17-6-2-7-18-35)49-43-31-30-38(39-23-14-24-42(47(39)43)48(45)49)33-26-28-37(29-27-33)51-54-50(36-19-8-3-9-20-36)55-52(56-51)44-25-12-13-32-53-44/h1-32H. The van der Waals surface area contributed by atoms with Crippen molar-refractivity contribution in [1.82, 2.24) is 19.9 Å². The molecule has 260 valence electrons. The van der Waals surface area contributed by atoms with Gasteiger partial charge >= 0.3 is 0 Å². The molecule has 11 rings (SSSR count). The van der Waals surface area contributed by atoms with Crippen molar-refractivity contribution in [2.75, 3.05) is 0 Å². The zero-order valence-corrected chi connectivity index (χ0v) is 30.3. The molecule has 4 heteroatoms. The molecule has 0 fully saturated rings. The highest BCUT2D eigenvalue weighted by Gasteiger charge is 2.31. The van der Waals surface area contributed by atoms with Crippen LogP contribution in [0.5, 0.6) is 0 Å². The third-order valence-electron chi connectivity index (χ3n) is 10.9. The first-order valence-corrected chi connectivity index (χ1v) is 18.9. The SMILES string of the molecule is c1ccc(-c2nc(-c3ccc(-c4ccc5c6c(cccc46)-c4c-5c(-c5ccccc5)c5ccccc5c4-c4ccccc4)cc3)nc(-c3ccccn3)n2)cc1. The van der Waals surface area contributed by atoms with Gasteiger partial charge in [-0.3, -0.25) is 4.98 Å². The summed E-state index contributed by atoms with van der Waals surface area (Å²) in [6, 6.07) is 66.5. The fourth-order valence-electron chi connectivity index (χ4n) is 8.49. The Balaban J connectivity index is 1.09. The average Bonchev–Trinajstić information content (AvgIpc) is 3.61. The Labute approximate surface area is 324 Å². The van der Waals surface area contributed by atoms with Gasteiger partial charge in [0.05, 0.1) is 0 Å². The monoisotopic (exact) mass is 712 g/mol. The highest BCUT2D eigenvalue weighted by atomic mass is 15.0. The summed E-state index contributed by atoms with van der Waals surface area (Å²) in [5.41, 5.74) is 15.0. The van der Waals surface area contributed by atoms with Crippen LogP contribution >= 0.6 is 0 Å². The highest BCUT2D eigenvalue weighted by molar-refractivity contribution is 6.28. The van der Waals surface area contributed by atoms with Crippen molar-refractivity contribution in [1.29, 1.82) is 0 Å². The summed E-state index contributed by atoms with van der Waals surface area (Å²) in [4.78, 5) is 19.2. The second-order valence-electron chi connectivity index (χ2n) is 14.1. The van der Waals surface area contributed by atoms with Crippen LogP contribution in [0.25, 0.3) is 111 Å². The Hall–Kier alpha value is -7.56. The summed E-state index contributed by atoms with van der Waals surface area (Å²) >= 11 is 0. The zero-order chi connectivity index (χ0) is 37.0. The van der Waals surface area contributed by atoms with E-state index in [0.29, 0.717) is 23.2 Å². The summed E-state index contributed by atoms with van der Waals surface area (Å²) in [6.45, 7) is 0. The van der Waals surface area contributed by atoms with Gasteiger partial charge in [0.15, 0.2) is 17.5 Å². The fourth-order valence-corrected chi connectivity index (χ4v) is 8.49. The quantitative estimate of drug-likeness (QED) is 0.172. The number of aromatic nitrogens is 4. The average molecular weight is 713 g/mol. The van der Waals surface area contributed by atoms with Crippen molar-refractivity contribution in [2.45, 2.75) is 0 Å². The highest BCUT2D eigenvalue weighted by Crippen LogP contribution is 2.58. The topological polar surface area (TPSA) is 51.6 Å². The van der Waals surface area contributed by atoms with E-state index < -0.39 is 0 Å². The molecule has 2 heterocycles. The van der Waals surface area contributed by atoms with Gasteiger partial charge in [0.25, 0.3) is 0 Å². The van der Waals surface area contributed by atoms with E-state index in [1.807, 2.05) is 48.5 Å². The van der Waals surface area contributed by atoms with Crippen LogP contribution in [-0.4, -0.2) is 19.9 Å². The van der Waals surface area contributed by atoms with Crippen LogP contribution in [-0.2, 0) is 0 Å². The van der Waals surface area contributed by atoms with Gasteiger partial charge < -0.3 is 0 Å². The number of pyridine rings is 1. The van der Waals surface area contributed by atoms with E-state index in [-0.39, 0.29) is 0 Å². The molecule has 0 saturated heterocycles. The van der Waals surface area contributed by atoms with Crippen molar-refractivity contribution in [3.63, 3.8) is 0 Å². The minimum Gasteiger partial charge on any atom is -0.253 e. The van der Waals surface area contributed by atoms with Gasteiger partial charge in [-0.05, 0) is 89.3 Å². The number of hydrogen-bond acceptors (Lipinski definition) is 4. The molecule has 1 aliphatic rings. The summed E-state index contributed by atoms with van der Waals surface area (Å²) < 4.78 is 0. The molecule has 4 nitrogen and oxygen atoms in total. The number of hydrogen-bond donors (Lipinski definition) is 0. The Morgan fingerprint density at radius 1 is 0.268 bits per heavy atom. The number of benzene rings is 8. The molecule has 0 bridgehead atoms. The molecule has 10 aromatic rings. The molecule has 0 atom stereocenters. The van der Waals surface area contributed by atoms with Crippen molar-refractivity contribution in [3.8, 4) is 89.9 Å². The smallest absolute Gasteiger partial charge is 0.182 e. The van der Waals surface area contributed by atoms with Gasteiger partial charge in [-0.2, -0.15) is 0 Å². The first-order chi connectivity index (χ1) is 27.8. The van der Waals surface area contributed by atoms with Crippen LogP contribution in [0.1, 0.15) is 0 Å². The van der Waals surface area contributed by atoms with E-state index in [2.05, 4.69) is 145 Å². The van der Waals surface area contributed by atoms with Gasteiger partial charge in [-0.1, -0.05) is 176 Å². The van der Waals surface area contributed by atoms with Crippen molar-refractivity contribution < 1.29 is 0 Å². The fraction of sp³-hybridized carbons (Fsp3) is 0. The van der Waals surface area contributed by atoms with Gasteiger partial charge in [0.1, 0.15) is 5.69 Å². The molecule has 0 spiro atoms. The normalized spacial score (nSPS) is 11.6. The molecule has 2 aromatic heterocycles. The van der Waals surface area contributed by atoms with Crippen molar-refractivity contribution in [3.05, 3.63) is 194 Å². The lowest BCUT2D eigenvalue weighted by molar-refractivity contribution is 1.06. The van der Waals surface area contributed by atoms with E-state index in [1.165, 1.54) is 71.6 Å². The molecule has 0 unspecified atom stereocenters.